The van der Waals surface area contributed by atoms with Gasteiger partial charge in [-0.05, 0) is 30.0 Å². The smallest absolute Gasteiger partial charge is 0.307 e. The number of carbonyl (C=O) groups is 1. The molecule has 1 aromatic heterocycles. The SMILES string of the molecule is Cn1ccnc1CNc1ccc([C@@H]2C[C@H]2C(=O)O)cc1. The Morgan fingerprint density at radius 3 is 2.75 bits per heavy atom. The van der Waals surface area contributed by atoms with Gasteiger partial charge in [-0.3, -0.25) is 4.79 Å². The molecule has 0 bridgehead atoms. The summed E-state index contributed by atoms with van der Waals surface area (Å²) in [5.41, 5.74) is 2.13. The number of carboxylic acid groups (broad SMARTS) is 1. The van der Waals surface area contributed by atoms with Crippen LogP contribution in [0.25, 0.3) is 0 Å². The average Bonchev–Trinajstić information content (AvgIpc) is 3.15. The molecule has 2 aromatic rings. The first-order valence-electron chi connectivity index (χ1n) is 6.68. The van der Waals surface area contributed by atoms with E-state index in [-0.39, 0.29) is 11.8 Å². The number of aliphatic carboxylic acids is 1. The van der Waals surface area contributed by atoms with Gasteiger partial charge in [0.05, 0.1) is 12.5 Å². The molecule has 0 aliphatic heterocycles. The van der Waals surface area contributed by atoms with Crippen LogP contribution in [0.3, 0.4) is 0 Å². The van der Waals surface area contributed by atoms with Gasteiger partial charge in [0, 0.05) is 25.1 Å². The number of hydrogen-bond donors (Lipinski definition) is 2. The van der Waals surface area contributed by atoms with Gasteiger partial charge in [0.25, 0.3) is 0 Å². The number of nitrogens with zero attached hydrogens (tertiary/aromatic N) is 2. The van der Waals surface area contributed by atoms with Crippen LogP contribution < -0.4 is 5.32 Å². The second-order valence-electron chi connectivity index (χ2n) is 5.22. The van der Waals surface area contributed by atoms with E-state index < -0.39 is 5.97 Å². The molecular formula is C15H17N3O2. The lowest BCUT2D eigenvalue weighted by molar-refractivity contribution is -0.138. The molecule has 1 aliphatic rings. The van der Waals surface area contributed by atoms with E-state index in [4.69, 9.17) is 5.11 Å². The predicted octanol–water partition coefficient (Wildman–Crippen LogP) is 2.22. The van der Waals surface area contributed by atoms with Crippen molar-refractivity contribution in [2.24, 2.45) is 13.0 Å². The van der Waals surface area contributed by atoms with E-state index in [0.717, 1.165) is 23.5 Å². The number of benzene rings is 1. The molecule has 1 saturated carbocycles. The summed E-state index contributed by atoms with van der Waals surface area (Å²) >= 11 is 0. The molecule has 1 fully saturated rings. The second kappa shape index (κ2) is 5.00. The van der Waals surface area contributed by atoms with Crippen LogP contribution >= 0.6 is 0 Å². The molecule has 2 atom stereocenters. The molecule has 0 saturated heterocycles. The van der Waals surface area contributed by atoms with Crippen LogP contribution in [0, 0.1) is 5.92 Å². The standard InChI is InChI=1S/C15H17N3O2/c1-18-7-6-16-14(18)9-17-11-4-2-10(3-5-11)12-8-13(12)15(19)20/h2-7,12-13,17H,8-9H2,1H3,(H,19,20)/t12-,13+/m0/s1. The summed E-state index contributed by atoms with van der Waals surface area (Å²) in [5.74, 6) is 0.284. The Bertz CT molecular complexity index is 618. The van der Waals surface area contributed by atoms with E-state index in [0.29, 0.717) is 6.54 Å². The Morgan fingerprint density at radius 1 is 1.45 bits per heavy atom. The monoisotopic (exact) mass is 271 g/mol. The van der Waals surface area contributed by atoms with E-state index in [9.17, 15) is 4.79 Å². The number of imidazole rings is 1. The lowest BCUT2D eigenvalue weighted by Crippen LogP contribution is -2.05. The van der Waals surface area contributed by atoms with Crippen LogP contribution in [-0.4, -0.2) is 20.6 Å². The summed E-state index contributed by atoms with van der Waals surface area (Å²) in [6.45, 7) is 0.671. The largest absolute Gasteiger partial charge is 0.481 e. The molecule has 0 unspecified atom stereocenters. The topological polar surface area (TPSA) is 67.2 Å². The normalized spacial score (nSPS) is 20.6. The van der Waals surface area contributed by atoms with E-state index >= 15 is 0 Å². The van der Waals surface area contributed by atoms with Crippen molar-refractivity contribution in [1.82, 2.24) is 9.55 Å². The Labute approximate surface area is 117 Å². The fourth-order valence-electron chi connectivity index (χ4n) is 2.43. The van der Waals surface area contributed by atoms with Gasteiger partial charge in [0.2, 0.25) is 0 Å². The summed E-state index contributed by atoms with van der Waals surface area (Å²) in [7, 11) is 1.96. The zero-order valence-electron chi connectivity index (χ0n) is 11.3. The van der Waals surface area contributed by atoms with Crippen LogP contribution in [0.5, 0.6) is 0 Å². The van der Waals surface area contributed by atoms with Gasteiger partial charge in [-0.2, -0.15) is 0 Å². The summed E-state index contributed by atoms with van der Waals surface area (Å²) in [6.07, 6.45) is 4.45. The van der Waals surface area contributed by atoms with Crippen molar-refractivity contribution < 1.29 is 9.90 Å². The van der Waals surface area contributed by atoms with E-state index in [1.54, 1.807) is 6.20 Å². The van der Waals surface area contributed by atoms with Crippen molar-refractivity contribution in [1.29, 1.82) is 0 Å². The zero-order chi connectivity index (χ0) is 14.1. The summed E-state index contributed by atoms with van der Waals surface area (Å²) < 4.78 is 1.98. The molecule has 20 heavy (non-hydrogen) atoms. The number of nitrogens with one attached hydrogen (secondary N) is 1. The van der Waals surface area contributed by atoms with Crippen LogP contribution in [0.4, 0.5) is 5.69 Å². The van der Waals surface area contributed by atoms with Crippen molar-refractivity contribution in [3.63, 3.8) is 0 Å². The molecular weight excluding hydrogens is 254 g/mol. The molecule has 0 spiro atoms. The molecule has 104 valence electrons. The summed E-state index contributed by atoms with van der Waals surface area (Å²) in [6, 6.07) is 8.01. The molecule has 1 aromatic carbocycles. The van der Waals surface area contributed by atoms with E-state index in [2.05, 4.69) is 10.3 Å². The van der Waals surface area contributed by atoms with E-state index in [1.807, 2.05) is 42.1 Å². The summed E-state index contributed by atoms with van der Waals surface area (Å²) in [5, 5.41) is 12.2. The maximum atomic E-state index is 10.9. The Balaban J connectivity index is 1.60. The maximum absolute atomic E-state index is 10.9. The van der Waals surface area contributed by atoms with Crippen molar-refractivity contribution in [2.45, 2.75) is 18.9 Å². The van der Waals surface area contributed by atoms with Gasteiger partial charge in [0.15, 0.2) is 0 Å². The van der Waals surface area contributed by atoms with Gasteiger partial charge >= 0.3 is 5.97 Å². The molecule has 2 N–H and O–H groups in total. The molecule has 0 radical (unpaired) electrons. The minimum atomic E-state index is -0.688. The molecule has 5 nitrogen and oxygen atoms in total. The number of anilines is 1. The maximum Gasteiger partial charge on any atom is 0.307 e. The van der Waals surface area contributed by atoms with E-state index in [1.165, 1.54) is 0 Å². The first-order valence-corrected chi connectivity index (χ1v) is 6.68. The first kappa shape index (κ1) is 12.7. The molecule has 3 rings (SSSR count). The highest BCUT2D eigenvalue weighted by Gasteiger charge is 2.43. The third-order valence-corrected chi connectivity index (χ3v) is 3.82. The fraction of sp³-hybridized carbons (Fsp3) is 0.333. The molecule has 5 heteroatoms. The Kier molecular flexibility index (Phi) is 3.18. The third kappa shape index (κ3) is 2.52. The summed E-state index contributed by atoms with van der Waals surface area (Å²) in [4.78, 5) is 15.1. The van der Waals surface area contributed by atoms with Crippen molar-refractivity contribution >= 4 is 11.7 Å². The number of rotatable bonds is 5. The number of carboxylic acids is 1. The van der Waals surface area contributed by atoms with Gasteiger partial charge in [-0.25, -0.2) is 4.98 Å². The quantitative estimate of drug-likeness (QED) is 0.875. The highest BCUT2D eigenvalue weighted by molar-refractivity contribution is 5.75. The Hall–Kier alpha value is -2.30. The Morgan fingerprint density at radius 2 is 2.20 bits per heavy atom. The van der Waals surface area contributed by atoms with Crippen LogP contribution in [0.15, 0.2) is 36.7 Å². The second-order valence-corrected chi connectivity index (χ2v) is 5.22. The molecule has 0 amide bonds. The molecule has 1 heterocycles. The van der Waals surface area contributed by atoms with Gasteiger partial charge in [0.1, 0.15) is 5.82 Å². The average molecular weight is 271 g/mol. The van der Waals surface area contributed by atoms with Gasteiger partial charge in [-0.1, -0.05) is 12.1 Å². The highest BCUT2D eigenvalue weighted by Crippen LogP contribution is 2.47. The lowest BCUT2D eigenvalue weighted by Gasteiger charge is -2.07. The van der Waals surface area contributed by atoms with Crippen LogP contribution in [0.1, 0.15) is 23.7 Å². The van der Waals surface area contributed by atoms with Gasteiger partial charge < -0.3 is 15.0 Å². The lowest BCUT2D eigenvalue weighted by atomic mass is 10.1. The van der Waals surface area contributed by atoms with Crippen molar-refractivity contribution in [3.05, 3.63) is 48.0 Å². The minimum Gasteiger partial charge on any atom is -0.481 e. The van der Waals surface area contributed by atoms with Crippen LogP contribution in [-0.2, 0) is 18.4 Å². The van der Waals surface area contributed by atoms with Crippen molar-refractivity contribution in [3.8, 4) is 0 Å². The molecule has 1 aliphatic carbocycles. The van der Waals surface area contributed by atoms with Gasteiger partial charge in [-0.15, -0.1) is 0 Å². The zero-order valence-corrected chi connectivity index (χ0v) is 11.3. The third-order valence-electron chi connectivity index (χ3n) is 3.82. The first-order chi connectivity index (χ1) is 9.65. The number of hydrogen-bond acceptors (Lipinski definition) is 3. The van der Waals surface area contributed by atoms with Crippen LogP contribution in [0.2, 0.25) is 0 Å². The van der Waals surface area contributed by atoms with Crippen molar-refractivity contribution in [2.75, 3.05) is 5.32 Å². The minimum absolute atomic E-state index is 0.191. The highest BCUT2D eigenvalue weighted by atomic mass is 16.4. The number of aromatic nitrogens is 2. The fourth-order valence-corrected chi connectivity index (χ4v) is 2.43. The predicted molar refractivity (Wildman–Crippen MR) is 75.5 cm³/mol. The number of aryl methyl sites for hydroxylation is 1.